The Morgan fingerprint density at radius 1 is 1.54 bits per heavy atom. The maximum Gasteiger partial charge on any atom is 0.228 e. The molecule has 0 aliphatic rings. The number of halogens is 1. The van der Waals surface area contributed by atoms with E-state index in [4.69, 9.17) is 11.6 Å². The molecule has 0 bridgehead atoms. The van der Waals surface area contributed by atoms with E-state index in [1.165, 1.54) is 12.4 Å². The molecule has 1 aromatic heterocycles. The van der Waals surface area contributed by atoms with Crippen molar-refractivity contribution in [3.05, 3.63) is 17.5 Å². The Balaban J connectivity index is 2.69. The van der Waals surface area contributed by atoms with Crippen LogP contribution in [0.4, 0.5) is 5.82 Å². The summed E-state index contributed by atoms with van der Waals surface area (Å²) in [6.07, 6.45) is 2.86. The van der Waals surface area contributed by atoms with Crippen LogP contribution < -0.4 is 5.32 Å². The predicted molar refractivity (Wildman–Crippen MR) is 50.5 cm³/mol. The second-order valence-electron chi connectivity index (χ2n) is 2.87. The summed E-state index contributed by atoms with van der Waals surface area (Å²) >= 11 is 5.58. The van der Waals surface area contributed by atoms with E-state index in [0.717, 1.165) is 0 Å². The van der Waals surface area contributed by atoms with Gasteiger partial charge in [0.05, 0.1) is 12.4 Å². The lowest BCUT2D eigenvalue weighted by atomic mass is 10.2. The standard InChI is InChI=1S/C8H10ClN3O/c1-5(2)8(13)12-7-4-10-3-6(9)11-7/h3-5H,1-2H3,(H,11,12,13). The monoisotopic (exact) mass is 199 g/mol. The zero-order valence-electron chi connectivity index (χ0n) is 7.41. The van der Waals surface area contributed by atoms with Crippen LogP contribution in [0.25, 0.3) is 0 Å². The lowest BCUT2D eigenvalue weighted by molar-refractivity contribution is -0.118. The Kier molecular flexibility index (Phi) is 3.19. The molecule has 0 unspecified atom stereocenters. The minimum absolute atomic E-state index is 0.0826. The van der Waals surface area contributed by atoms with Crippen molar-refractivity contribution in [2.24, 2.45) is 5.92 Å². The first kappa shape index (κ1) is 9.92. The minimum atomic E-state index is -0.100. The van der Waals surface area contributed by atoms with Gasteiger partial charge in [-0.3, -0.25) is 9.78 Å². The molecule has 0 saturated heterocycles. The Hall–Kier alpha value is -1.16. The largest absolute Gasteiger partial charge is 0.309 e. The number of rotatable bonds is 2. The van der Waals surface area contributed by atoms with Crippen LogP contribution in [0, 0.1) is 5.92 Å². The Labute approximate surface area is 81.3 Å². The quantitative estimate of drug-likeness (QED) is 0.789. The van der Waals surface area contributed by atoms with Crippen LogP contribution >= 0.6 is 11.6 Å². The number of aromatic nitrogens is 2. The van der Waals surface area contributed by atoms with Crippen molar-refractivity contribution in [2.45, 2.75) is 13.8 Å². The number of hydrogen-bond acceptors (Lipinski definition) is 3. The molecule has 1 rings (SSSR count). The molecule has 1 heterocycles. The van der Waals surface area contributed by atoms with Crippen molar-refractivity contribution in [1.82, 2.24) is 9.97 Å². The van der Waals surface area contributed by atoms with Crippen LogP contribution in [-0.2, 0) is 4.79 Å². The highest BCUT2D eigenvalue weighted by Gasteiger charge is 2.07. The third kappa shape index (κ3) is 2.99. The molecule has 0 aliphatic heterocycles. The fourth-order valence-corrected chi connectivity index (χ4v) is 0.820. The molecule has 0 aliphatic carbocycles. The van der Waals surface area contributed by atoms with Crippen LogP contribution in [0.3, 0.4) is 0 Å². The van der Waals surface area contributed by atoms with Gasteiger partial charge in [-0.1, -0.05) is 25.4 Å². The number of hydrogen-bond donors (Lipinski definition) is 1. The molecule has 4 nitrogen and oxygen atoms in total. The van der Waals surface area contributed by atoms with E-state index in [1.807, 2.05) is 0 Å². The van der Waals surface area contributed by atoms with Crippen LogP contribution in [0.1, 0.15) is 13.8 Å². The molecule has 0 saturated carbocycles. The molecule has 1 N–H and O–H groups in total. The molecule has 0 radical (unpaired) electrons. The Morgan fingerprint density at radius 3 is 2.77 bits per heavy atom. The number of nitrogens with one attached hydrogen (secondary N) is 1. The highest BCUT2D eigenvalue weighted by molar-refractivity contribution is 6.29. The second-order valence-corrected chi connectivity index (χ2v) is 3.26. The second kappa shape index (κ2) is 4.18. The van der Waals surface area contributed by atoms with E-state index in [-0.39, 0.29) is 17.0 Å². The van der Waals surface area contributed by atoms with E-state index < -0.39 is 0 Å². The number of carbonyl (C=O) groups excluding carboxylic acids is 1. The minimum Gasteiger partial charge on any atom is -0.309 e. The van der Waals surface area contributed by atoms with E-state index >= 15 is 0 Å². The molecular formula is C8H10ClN3O. The van der Waals surface area contributed by atoms with Crippen LogP contribution in [0.15, 0.2) is 12.4 Å². The first-order valence-electron chi connectivity index (χ1n) is 3.88. The zero-order chi connectivity index (χ0) is 9.84. The summed E-state index contributed by atoms with van der Waals surface area (Å²) in [5.41, 5.74) is 0. The predicted octanol–water partition coefficient (Wildman–Crippen LogP) is 1.72. The van der Waals surface area contributed by atoms with Crippen molar-refractivity contribution in [1.29, 1.82) is 0 Å². The van der Waals surface area contributed by atoms with Gasteiger partial charge in [0.25, 0.3) is 0 Å². The van der Waals surface area contributed by atoms with Gasteiger partial charge in [0.2, 0.25) is 5.91 Å². The molecule has 70 valence electrons. The fourth-order valence-electron chi connectivity index (χ4n) is 0.673. The van der Waals surface area contributed by atoms with Crippen molar-refractivity contribution in [2.75, 3.05) is 5.32 Å². The number of carbonyl (C=O) groups is 1. The number of anilines is 1. The number of nitrogens with zero attached hydrogens (tertiary/aromatic N) is 2. The third-order valence-corrected chi connectivity index (χ3v) is 1.56. The molecule has 0 spiro atoms. The molecule has 0 fully saturated rings. The highest BCUT2D eigenvalue weighted by atomic mass is 35.5. The molecule has 0 atom stereocenters. The van der Waals surface area contributed by atoms with Crippen LogP contribution in [0.5, 0.6) is 0 Å². The molecule has 13 heavy (non-hydrogen) atoms. The maximum absolute atomic E-state index is 11.2. The van der Waals surface area contributed by atoms with Gasteiger partial charge in [0, 0.05) is 5.92 Å². The van der Waals surface area contributed by atoms with Crippen LogP contribution in [-0.4, -0.2) is 15.9 Å². The van der Waals surface area contributed by atoms with Gasteiger partial charge in [-0.2, -0.15) is 0 Å². The van der Waals surface area contributed by atoms with Gasteiger partial charge in [0.1, 0.15) is 5.15 Å². The Bertz CT molecular complexity index is 314. The topological polar surface area (TPSA) is 54.9 Å². The van der Waals surface area contributed by atoms with E-state index in [0.29, 0.717) is 5.82 Å². The van der Waals surface area contributed by atoms with Crippen molar-refractivity contribution < 1.29 is 4.79 Å². The summed E-state index contributed by atoms with van der Waals surface area (Å²) in [6.45, 7) is 3.60. The van der Waals surface area contributed by atoms with Crippen molar-refractivity contribution in [3.63, 3.8) is 0 Å². The summed E-state index contributed by atoms with van der Waals surface area (Å²) in [5.74, 6) is 0.198. The van der Waals surface area contributed by atoms with E-state index in [9.17, 15) is 4.79 Å². The summed E-state index contributed by atoms with van der Waals surface area (Å²) < 4.78 is 0. The average molecular weight is 200 g/mol. The molecule has 1 aromatic rings. The average Bonchev–Trinajstić information content (AvgIpc) is 2.04. The summed E-state index contributed by atoms with van der Waals surface area (Å²) in [7, 11) is 0. The lowest BCUT2D eigenvalue weighted by Crippen LogP contribution is -2.18. The summed E-state index contributed by atoms with van der Waals surface area (Å²) in [5, 5.41) is 2.85. The van der Waals surface area contributed by atoms with Crippen molar-refractivity contribution >= 4 is 23.3 Å². The van der Waals surface area contributed by atoms with Gasteiger partial charge in [-0.25, -0.2) is 4.98 Å². The molecule has 5 heteroatoms. The highest BCUT2D eigenvalue weighted by Crippen LogP contribution is 2.07. The third-order valence-electron chi connectivity index (χ3n) is 1.38. The SMILES string of the molecule is CC(C)C(=O)Nc1cncc(Cl)n1. The van der Waals surface area contributed by atoms with Crippen molar-refractivity contribution in [3.8, 4) is 0 Å². The van der Waals surface area contributed by atoms with Gasteiger partial charge < -0.3 is 5.32 Å². The first-order valence-corrected chi connectivity index (χ1v) is 4.26. The summed E-state index contributed by atoms with van der Waals surface area (Å²) in [4.78, 5) is 18.9. The van der Waals surface area contributed by atoms with Gasteiger partial charge in [0.15, 0.2) is 5.82 Å². The Morgan fingerprint density at radius 2 is 2.23 bits per heavy atom. The van der Waals surface area contributed by atoms with E-state index in [1.54, 1.807) is 13.8 Å². The lowest BCUT2D eigenvalue weighted by Gasteiger charge is -2.05. The van der Waals surface area contributed by atoms with Gasteiger partial charge in [-0.15, -0.1) is 0 Å². The van der Waals surface area contributed by atoms with Gasteiger partial charge in [-0.05, 0) is 0 Å². The van der Waals surface area contributed by atoms with Gasteiger partial charge >= 0.3 is 0 Å². The molecular weight excluding hydrogens is 190 g/mol. The smallest absolute Gasteiger partial charge is 0.228 e. The zero-order valence-corrected chi connectivity index (χ0v) is 8.17. The fraction of sp³-hybridized carbons (Fsp3) is 0.375. The van der Waals surface area contributed by atoms with E-state index in [2.05, 4.69) is 15.3 Å². The maximum atomic E-state index is 11.2. The molecule has 0 aromatic carbocycles. The first-order chi connectivity index (χ1) is 6.09. The molecule has 1 amide bonds. The number of amides is 1. The summed E-state index contributed by atoms with van der Waals surface area (Å²) in [6, 6.07) is 0. The van der Waals surface area contributed by atoms with Crippen LogP contribution in [0.2, 0.25) is 5.15 Å². The normalized spacial score (nSPS) is 10.2.